The van der Waals surface area contributed by atoms with Crippen molar-refractivity contribution in [2.75, 3.05) is 49.1 Å². The molecule has 2 heterocycles. The van der Waals surface area contributed by atoms with Crippen LogP contribution in [0.5, 0.6) is 0 Å². The highest BCUT2D eigenvalue weighted by molar-refractivity contribution is 5.68. The van der Waals surface area contributed by atoms with E-state index in [9.17, 15) is 4.79 Å². The van der Waals surface area contributed by atoms with Gasteiger partial charge in [-0.3, -0.25) is 0 Å². The predicted octanol–water partition coefficient (Wildman–Crippen LogP) is 2.91. The highest BCUT2D eigenvalue weighted by Crippen LogP contribution is 2.25. The number of carbonyl (C=O) groups is 1. The summed E-state index contributed by atoms with van der Waals surface area (Å²) < 4.78 is 5.07. The average Bonchev–Trinajstić information content (AvgIpc) is 2.70. The van der Waals surface area contributed by atoms with E-state index in [1.165, 1.54) is 0 Å². The summed E-state index contributed by atoms with van der Waals surface area (Å²) in [5.41, 5.74) is 1.10. The van der Waals surface area contributed by atoms with Gasteiger partial charge in [-0.1, -0.05) is 18.2 Å². The van der Waals surface area contributed by atoms with Crippen molar-refractivity contribution in [1.82, 2.24) is 14.9 Å². The number of para-hydroxylation sites is 1. The lowest BCUT2D eigenvalue weighted by atomic mass is 10.2. The van der Waals surface area contributed by atoms with E-state index in [0.717, 1.165) is 37.0 Å². The number of ether oxygens (including phenoxy) is 1. The van der Waals surface area contributed by atoms with Gasteiger partial charge in [-0.05, 0) is 26.0 Å². The molecule has 2 aromatic rings. The lowest BCUT2D eigenvalue weighted by Gasteiger charge is -2.35. The number of benzene rings is 1. The number of amides is 1. The molecule has 1 aromatic heterocycles. The average molecular weight is 355 g/mol. The van der Waals surface area contributed by atoms with Crippen molar-refractivity contribution in [3.8, 4) is 0 Å². The second-order valence-corrected chi connectivity index (χ2v) is 5.99. The first-order chi connectivity index (χ1) is 12.7. The van der Waals surface area contributed by atoms with Crippen molar-refractivity contribution in [3.63, 3.8) is 0 Å². The molecule has 0 N–H and O–H groups in total. The van der Waals surface area contributed by atoms with Gasteiger partial charge in [0, 0.05) is 44.5 Å². The molecule has 26 heavy (non-hydrogen) atoms. The topological polar surface area (TPSA) is 61.8 Å². The molecular weight excluding hydrogens is 330 g/mol. The monoisotopic (exact) mass is 355 g/mol. The van der Waals surface area contributed by atoms with Gasteiger partial charge < -0.3 is 19.4 Å². The van der Waals surface area contributed by atoms with Gasteiger partial charge in [-0.2, -0.15) is 0 Å². The number of nitrogens with zero attached hydrogens (tertiary/aromatic N) is 5. The molecule has 0 aliphatic carbocycles. The van der Waals surface area contributed by atoms with Crippen molar-refractivity contribution in [1.29, 1.82) is 0 Å². The normalized spacial score (nSPS) is 14.2. The van der Waals surface area contributed by atoms with Crippen LogP contribution in [0.1, 0.15) is 13.8 Å². The van der Waals surface area contributed by atoms with Gasteiger partial charge in [0.25, 0.3) is 0 Å². The van der Waals surface area contributed by atoms with Crippen LogP contribution in [-0.2, 0) is 4.74 Å². The molecule has 1 amide bonds. The smallest absolute Gasteiger partial charge is 0.409 e. The summed E-state index contributed by atoms with van der Waals surface area (Å²) in [6, 6.07) is 12.2. The van der Waals surface area contributed by atoms with Gasteiger partial charge in [0.15, 0.2) is 0 Å². The summed E-state index contributed by atoms with van der Waals surface area (Å²) >= 11 is 0. The van der Waals surface area contributed by atoms with Gasteiger partial charge in [0.2, 0.25) is 0 Å². The molecule has 1 fully saturated rings. The van der Waals surface area contributed by atoms with Crippen molar-refractivity contribution < 1.29 is 9.53 Å². The lowest BCUT2D eigenvalue weighted by molar-refractivity contribution is 0.105. The van der Waals surface area contributed by atoms with Crippen LogP contribution >= 0.6 is 0 Å². The Morgan fingerprint density at radius 3 is 2.50 bits per heavy atom. The van der Waals surface area contributed by atoms with E-state index in [0.29, 0.717) is 19.7 Å². The number of aromatic nitrogens is 2. The second-order valence-electron chi connectivity index (χ2n) is 5.99. The molecule has 7 nitrogen and oxygen atoms in total. The molecule has 0 radical (unpaired) electrons. The summed E-state index contributed by atoms with van der Waals surface area (Å²) in [6.45, 7) is 7.87. The van der Waals surface area contributed by atoms with Crippen LogP contribution < -0.4 is 9.80 Å². The number of rotatable bonds is 5. The SMILES string of the molecule is CCOC(=O)N1CCN(c2cc(N(CC)c3ccccc3)ncn2)CC1. The standard InChI is InChI=1S/C19H25N5O2/c1-3-24(16-8-6-5-7-9-16)18-14-17(20-15-21-18)22-10-12-23(13-11-22)19(25)26-4-2/h5-9,14-15H,3-4,10-13H2,1-2H3. The zero-order valence-electron chi connectivity index (χ0n) is 15.3. The van der Waals surface area contributed by atoms with E-state index in [1.54, 1.807) is 11.2 Å². The Hall–Kier alpha value is -2.83. The summed E-state index contributed by atoms with van der Waals surface area (Å²) in [7, 11) is 0. The quantitative estimate of drug-likeness (QED) is 0.822. The van der Waals surface area contributed by atoms with Crippen LogP contribution in [0, 0.1) is 0 Å². The Kier molecular flexibility index (Phi) is 5.88. The molecule has 0 spiro atoms. The first kappa shape index (κ1) is 18.0. The highest BCUT2D eigenvalue weighted by atomic mass is 16.6. The summed E-state index contributed by atoms with van der Waals surface area (Å²) in [6.07, 6.45) is 1.37. The molecule has 1 aliphatic heterocycles. The molecule has 1 saturated heterocycles. The number of piperazine rings is 1. The molecule has 0 saturated carbocycles. The minimum Gasteiger partial charge on any atom is -0.450 e. The van der Waals surface area contributed by atoms with E-state index in [2.05, 4.69) is 38.8 Å². The summed E-state index contributed by atoms with van der Waals surface area (Å²) in [4.78, 5) is 26.8. The lowest BCUT2D eigenvalue weighted by Crippen LogP contribution is -2.49. The Morgan fingerprint density at radius 1 is 1.12 bits per heavy atom. The Morgan fingerprint density at radius 2 is 1.85 bits per heavy atom. The van der Waals surface area contributed by atoms with Crippen LogP contribution in [0.3, 0.4) is 0 Å². The Labute approximate surface area is 154 Å². The Bertz CT molecular complexity index is 717. The fourth-order valence-electron chi connectivity index (χ4n) is 3.08. The molecule has 138 valence electrons. The van der Waals surface area contributed by atoms with Gasteiger partial charge in [-0.15, -0.1) is 0 Å². The maximum absolute atomic E-state index is 11.8. The minimum absolute atomic E-state index is 0.239. The van der Waals surface area contributed by atoms with Gasteiger partial charge in [-0.25, -0.2) is 14.8 Å². The van der Waals surface area contributed by atoms with E-state index in [-0.39, 0.29) is 6.09 Å². The number of carbonyl (C=O) groups excluding carboxylic acids is 1. The van der Waals surface area contributed by atoms with Crippen molar-refractivity contribution in [2.45, 2.75) is 13.8 Å². The fraction of sp³-hybridized carbons (Fsp3) is 0.421. The zero-order chi connectivity index (χ0) is 18.4. The molecule has 1 aromatic carbocycles. The van der Waals surface area contributed by atoms with Crippen molar-refractivity contribution in [3.05, 3.63) is 42.7 Å². The third-order valence-corrected chi connectivity index (χ3v) is 4.43. The maximum Gasteiger partial charge on any atom is 0.409 e. The molecule has 0 unspecified atom stereocenters. The molecule has 7 heteroatoms. The maximum atomic E-state index is 11.8. The predicted molar refractivity (Wildman–Crippen MR) is 102 cm³/mol. The zero-order valence-corrected chi connectivity index (χ0v) is 15.3. The van der Waals surface area contributed by atoms with E-state index in [1.807, 2.05) is 31.2 Å². The third kappa shape index (κ3) is 4.04. The minimum atomic E-state index is -0.239. The van der Waals surface area contributed by atoms with Crippen molar-refractivity contribution >= 4 is 23.4 Å². The molecule has 3 rings (SSSR count). The van der Waals surface area contributed by atoms with E-state index >= 15 is 0 Å². The highest BCUT2D eigenvalue weighted by Gasteiger charge is 2.23. The van der Waals surface area contributed by atoms with Gasteiger partial charge in [0.1, 0.15) is 18.0 Å². The third-order valence-electron chi connectivity index (χ3n) is 4.43. The first-order valence-corrected chi connectivity index (χ1v) is 9.04. The molecular formula is C19H25N5O2. The second kappa shape index (κ2) is 8.51. The summed E-state index contributed by atoms with van der Waals surface area (Å²) in [5, 5.41) is 0. The van der Waals surface area contributed by atoms with Crippen LogP contribution in [0.4, 0.5) is 22.1 Å². The van der Waals surface area contributed by atoms with Crippen LogP contribution in [0.25, 0.3) is 0 Å². The molecule has 0 bridgehead atoms. The van der Waals surface area contributed by atoms with Crippen molar-refractivity contribution in [2.24, 2.45) is 0 Å². The van der Waals surface area contributed by atoms with E-state index < -0.39 is 0 Å². The van der Waals surface area contributed by atoms with Crippen LogP contribution in [0.15, 0.2) is 42.7 Å². The van der Waals surface area contributed by atoms with Crippen LogP contribution in [-0.4, -0.2) is 60.3 Å². The number of hydrogen-bond donors (Lipinski definition) is 0. The van der Waals surface area contributed by atoms with Gasteiger partial charge in [0.05, 0.1) is 6.61 Å². The van der Waals surface area contributed by atoms with Gasteiger partial charge >= 0.3 is 6.09 Å². The fourth-order valence-corrected chi connectivity index (χ4v) is 3.08. The summed E-state index contributed by atoms with van der Waals surface area (Å²) in [5.74, 6) is 1.75. The first-order valence-electron chi connectivity index (χ1n) is 9.04. The largest absolute Gasteiger partial charge is 0.450 e. The van der Waals surface area contributed by atoms with E-state index in [4.69, 9.17) is 4.74 Å². The molecule has 0 atom stereocenters. The van der Waals surface area contributed by atoms with Crippen LogP contribution in [0.2, 0.25) is 0 Å². The Balaban J connectivity index is 1.71. The number of anilines is 3. The number of hydrogen-bond acceptors (Lipinski definition) is 6. The molecule has 1 aliphatic rings.